The summed E-state index contributed by atoms with van der Waals surface area (Å²) in [6.45, 7) is 14.8. The molecule has 0 bridgehead atoms. The second-order valence-corrected chi connectivity index (χ2v) is 16.6. The Bertz CT molecular complexity index is 274. The second kappa shape index (κ2) is 4.34. The van der Waals surface area contributed by atoms with Gasteiger partial charge in [-0.15, -0.1) is 0 Å². The Morgan fingerprint density at radius 3 is 2.07 bits per heavy atom. The van der Waals surface area contributed by atoms with E-state index in [1.54, 1.807) is 10.7 Å². The van der Waals surface area contributed by atoms with Crippen LogP contribution in [-0.4, -0.2) is 16.1 Å². The molecule has 1 aliphatic carbocycles. The van der Waals surface area contributed by atoms with Crippen molar-refractivity contribution in [2.75, 3.05) is 0 Å². The average molecular weight is 238 g/mol. The Hall–Kier alpha value is -0.216. The maximum absolute atomic E-state index is 2.53. The third-order valence-corrected chi connectivity index (χ3v) is 7.26. The van der Waals surface area contributed by atoms with Crippen molar-refractivity contribution in [1.82, 2.24) is 0 Å². The van der Waals surface area contributed by atoms with Gasteiger partial charge in [0.15, 0.2) is 0 Å². The van der Waals surface area contributed by atoms with Gasteiger partial charge in [-0.2, -0.15) is 29.0 Å². The zero-order chi connectivity index (χ0) is 11.7. The van der Waals surface area contributed by atoms with E-state index in [0.29, 0.717) is 0 Å². The van der Waals surface area contributed by atoms with Gasteiger partial charge in [0.1, 0.15) is 0 Å². The van der Waals surface area contributed by atoms with Gasteiger partial charge < -0.3 is 0 Å². The minimum absolute atomic E-state index is 1.15. The molecule has 86 valence electrons. The van der Waals surface area contributed by atoms with Gasteiger partial charge in [0, 0.05) is 8.07 Å². The zero-order valence-corrected chi connectivity index (χ0v) is 13.1. The molecule has 0 aromatic carbocycles. The van der Waals surface area contributed by atoms with Gasteiger partial charge >= 0.3 is 0 Å². The van der Waals surface area contributed by atoms with Crippen LogP contribution in [0.2, 0.25) is 39.3 Å². The predicted molar refractivity (Wildman–Crippen MR) is 76.4 cm³/mol. The van der Waals surface area contributed by atoms with Crippen molar-refractivity contribution in [3.05, 3.63) is 29.0 Å². The quantitative estimate of drug-likeness (QED) is 0.487. The normalized spacial score (nSPS) is 18.8. The van der Waals surface area contributed by atoms with E-state index in [1.807, 2.05) is 0 Å². The summed E-state index contributed by atoms with van der Waals surface area (Å²) in [5.74, 6) is 0. The minimum atomic E-state index is -1.17. The summed E-state index contributed by atoms with van der Waals surface area (Å²) in [6, 6.07) is 0. The number of allylic oxidation sites excluding steroid dienone is 4. The first kappa shape index (κ1) is 12.9. The van der Waals surface area contributed by atoms with Crippen LogP contribution in [-0.2, 0) is 0 Å². The Labute approximate surface area is 97.5 Å². The molecule has 0 radical (unpaired) electrons. The molecule has 0 aromatic rings. The summed E-state index contributed by atoms with van der Waals surface area (Å²) in [5.41, 5.74) is 1.71. The SMILES string of the molecule is C[Si](C)(C)C1=CCCC=C[C-]1[Si](C)(C)C. The third-order valence-electron chi connectivity index (χ3n) is 2.87. The van der Waals surface area contributed by atoms with Crippen molar-refractivity contribution >= 4 is 16.1 Å². The van der Waals surface area contributed by atoms with E-state index < -0.39 is 16.1 Å². The standard InChI is InChI=1S/C13H25Si2/c1-14(2,3)12-10-8-7-9-11-13(12)15(4,5)6/h8,10-11H,7,9H2,1-6H3/q-1. The van der Waals surface area contributed by atoms with E-state index in [-0.39, 0.29) is 0 Å². The fourth-order valence-corrected chi connectivity index (χ4v) is 7.51. The molecule has 0 saturated carbocycles. The van der Waals surface area contributed by atoms with Crippen LogP contribution in [0.4, 0.5) is 0 Å². The highest BCUT2D eigenvalue weighted by molar-refractivity contribution is 6.91. The van der Waals surface area contributed by atoms with Crippen LogP contribution in [0.25, 0.3) is 0 Å². The number of hydrogen-bond donors (Lipinski definition) is 0. The summed E-state index contributed by atoms with van der Waals surface area (Å²) < 4.78 is 0. The highest BCUT2D eigenvalue weighted by Crippen LogP contribution is 2.35. The molecule has 0 amide bonds. The molecular weight excluding hydrogens is 212 g/mol. The van der Waals surface area contributed by atoms with Gasteiger partial charge in [0.25, 0.3) is 0 Å². The first-order valence-corrected chi connectivity index (χ1v) is 13.0. The highest BCUT2D eigenvalue weighted by atomic mass is 28.3. The molecule has 0 unspecified atom stereocenters. The summed E-state index contributed by atoms with van der Waals surface area (Å²) in [5, 5.41) is 1.73. The molecule has 0 aromatic heterocycles. The molecule has 15 heavy (non-hydrogen) atoms. The fraction of sp³-hybridized carbons (Fsp3) is 0.615. The van der Waals surface area contributed by atoms with Gasteiger partial charge in [-0.25, -0.2) is 0 Å². The van der Waals surface area contributed by atoms with Crippen LogP contribution in [0.5, 0.6) is 0 Å². The fourth-order valence-electron chi connectivity index (χ4n) is 2.09. The Kier molecular flexibility index (Phi) is 3.72. The monoisotopic (exact) mass is 237 g/mol. The number of rotatable bonds is 2. The minimum Gasteiger partial charge on any atom is -0.180 e. The van der Waals surface area contributed by atoms with E-state index in [0.717, 1.165) is 0 Å². The van der Waals surface area contributed by atoms with Crippen LogP contribution in [0.3, 0.4) is 0 Å². The van der Waals surface area contributed by atoms with E-state index in [9.17, 15) is 0 Å². The Morgan fingerprint density at radius 2 is 1.60 bits per heavy atom. The van der Waals surface area contributed by atoms with Crippen molar-refractivity contribution in [1.29, 1.82) is 0 Å². The summed E-state index contributed by atoms with van der Waals surface area (Å²) >= 11 is 0. The van der Waals surface area contributed by atoms with E-state index in [1.165, 1.54) is 12.8 Å². The van der Waals surface area contributed by atoms with Crippen molar-refractivity contribution in [3.63, 3.8) is 0 Å². The van der Waals surface area contributed by atoms with Gasteiger partial charge in [-0.05, 0) is 0 Å². The lowest BCUT2D eigenvalue weighted by atomic mass is 10.3. The smallest absolute Gasteiger partial charge is 0.0512 e. The molecule has 0 spiro atoms. The van der Waals surface area contributed by atoms with Gasteiger partial charge in [0.2, 0.25) is 0 Å². The Balaban J connectivity index is 3.09. The van der Waals surface area contributed by atoms with Crippen LogP contribution in [0.15, 0.2) is 23.4 Å². The summed E-state index contributed by atoms with van der Waals surface area (Å²) in [4.78, 5) is 0. The molecule has 0 aliphatic heterocycles. The Morgan fingerprint density at radius 1 is 1.00 bits per heavy atom. The van der Waals surface area contributed by atoms with E-state index >= 15 is 0 Å². The van der Waals surface area contributed by atoms with Crippen LogP contribution in [0.1, 0.15) is 12.8 Å². The van der Waals surface area contributed by atoms with Crippen molar-refractivity contribution in [3.8, 4) is 0 Å². The molecular formula is C13H25Si2-. The summed E-state index contributed by atoms with van der Waals surface area (Å²) in [7, 11) is -2.32. The van der Waals surface area contributed by atoms with Crippen LogP contribution >= 0.6 is 0 Å². The predicted octanol–water partition coefficient (Wildman–Crippen LogP) is 4.59. The summed E-state index contributed by atoms with van der Waals surface area (Å²) in [6.07, 6.45) is 9.80. The molecule has 1 aliphatic rings. The van der Waals surface area contributed by atoms with Gasteiger partial charge in [-0.3, -0.25) is 0 Å². The molecule has 0 saturated heterocycles. The number of hydrogen-bond acceptors (Lipinski definition) is 0. The molecule has 0 nitrogen and oxygen atoms in total. The second-order valence-electron chi connectivity index (χ2n) is 6.51. The lowest BCUT2D eigenvalue weighted by Crippen LogP contribution is -2.39. The average Bonchev–Trinajstić information content (AvgIpc) is 2.24. The topological polar surface area (TPSA) is 0 Å². The molecule has 0 atom stereocenters. The largest absolute Gasteiger partial charge is 0.180 e. The van der Waals surface area contributed by atoms with Gasteiger partial charge in [-0.1, -0.05) is 52.1 Å². The molecule has 2 heteroatoms. The van der Waals surface area contributed by atoms with Crippen molar-refractivity contribution < 1.29 is 0 Å². The highest BCUT2D eigenvalue weighted by Gasteiger charge is 2.27. The molecule has 1 rings (SSSR count). The van der Waals surface area contributed by atoms with Gasteiger partial charge in [0.05, 0.1) is 8.07 Å². The first-order valence-electron chi connectivity index (χ1n) is 5.98. The maximum Gasteiger partial charge on any atom is 0.0512 e. The van der Waals surface area contributed by atoms with Crippen molar-refractivity contribution in [2.45, 2.75) is 52.1 Å². The van der Waals surface area contributed by atoms with Crippen LogP contribution in [0, 0.1) is 5.54 Å². The molecule has 0 fully saturated rings. The lowest BCUT2D eigenvalue weighted by molar-refractivity contribution is 1.06. The van der Waals surface area contributed by atoms with E-state index in [4.69, 9.17) is 0 Å². The van der Waals surface area contributed by atoms with Crippen LogP contribution < -0.4 is 0 Å². The lowest BCUT2D eigenvalue weighted by Gasteiger charge is -2.41. The van der Waals surface area contributed by atoms with Crippen molar-refractivity contribution in [2.24, 2.45) is 0 Å². The first-order chi connectivity index (χ1) is 6.73. The molecule has 0 heterocycles. The zero-order valence-electron chi connectivity index (χ0n) is 11.1. The third kappa shape index (κ3) is 3.38. The molecule has 0 N–H and O–H groups in total. The maximum atomic E-state index is 2.53. The van der Waals surface area contributed by atoms with E-state index in [2.05, 4.69) is 57.5 Å².